The van der Waals surface area contributed by atoms with E-state index in [1.54, 1.807) is 0 Å². The van der Waals surface area contributed by atoms with Gasteiger partial charge >= 0.3 is 0 Å². The second-order valence-corrected chi connectivity index (χ2v) is 6.12. The van der Waals surface area contributed by atoms with Crippen LogP contribution in [0.5, 0.6) is 0 Å². The number of aryl methyl sites for hydroxylation is 1. The Balaban J connectivity index is 1.98. The van der Waals surface area contributed by atoms with E-state index in [2.05, 4.69) is 35.3 Å². The second-order valence-electron chi connectivity index (χ2n) is 5.09. The molecule has 3 rings (SSSR count). The van der Waals surface area contributed by atoms with E-state index in [0.29, 0.717) is 5.13 Å². The van der Waals surface area contributed by atoms with Crippen LogP contribution in [0.3, 0.4) is 0 Å². The van der Waals surface area contributed by atoms with Crippen LogP contribution in [0.1, 0.15) is 16.8 Å². The van der Waals surface area contributed by atoms with Gasteiger partial charge in [0.2, 0.25) is 0 Å². The van der Waals surface area contributed by atoms with Gasteiger partial charge in [-0.3, -0.25) is 0 Å². The third kappa shape index (κ3) is 3.06. The normalized spacial score (nSPS) is 10.7. The summed E-state index contributed by atoms with van der Waals surface area (Å²) in [6.07, 6.45) is 0.867. The molecule has 0 atom stereocenters. The summed E-state index contributed by atoms with van der Waals surface area (Å²) >= 11 is 1.50. The molecule has 0 fully saturated rings. The summed E-state index contributed by atoms with van der Waals surface area (Å²) in [6, 6.07) is 16.6. The van der Waals surface area contributed by atoms with Crippen molar-refractivity contribution in [2.24, 2.45) is 0 Å². The van der Waals surface area contributed by atoms with Crippen molar-refractivity contribution in [3.05, 3.63) is 65.4 Å². The van der Waals surface area contributed by atoms with Gasteiger partial charge in [0.15, 0.2) is 5.13 Å². The van der Waals surface area contributed by atoms with Gasteiger partial charge in [-0.2, -0.15) is 0 Å². The van der Waals surface area contributed by atoms with Gasteiger partial charge in [0.05, 0.1) is 10.6 Å². The molecule has 106 valence electrons. The van der Waals surface area contributed by atoms with Crippen LogP contribution in [0.25, 0.3) is 10.4 Å². The summed E-state index contributed by atoms with van der Waals surface area (Å²) in [5.74, 6) is 0. The van der Waals surface area contributed by atoms with Crippen molar-refractivity contribution < 1.29 is 0 Å². The van der Waals surface area contributed by atoms with E-state index in [-0.39, 0.29) is 0 Å². The number of nitrogen functional groups attached to an aromatic ring is 2. The summed E-state index contributed by atoms with van der Waals surface area (Å²) in [7, 11) is 0. The lowest BCUT2D eigenvalue weighted by molar-refractivity contribution is 1.19. The number of hydrogen-bond donors (Lipinski definition) is 2. The maximum absolute atomic E-state index is 6.06. The van der Waals surface area contributed by atoms with Crippen LogP contribution >= 0.6 is 11.3 Å². The standard InChI is InChI=1S/C17H17N3S/c1-11-16(21-17(19)20-11)14-8-13(9-15(18)10-14)7-12-5-3-2-4-6-12/h2-6,8-10H,7,18H2,1H3,(H2,19,20). The first-order chi connectivity index (χ1) is 10.1. The van der Waals surface area contributed by atoms with Crippen LogP contribution in [0, 0.1) is 6.92 Å². The lowest BCUT2D eigenvalue weighted by Crippen LogP contribution is -1.93. The summed E-state index contributed by atoms with van der Waals surface area (Å²) in [5.41, 5.74) is 17.1. The molecule has 0 spiro atoms. The first-order valence-electron chi connectivity index (χ1n) is 6.78. The zero-order valence-electron chi connectivity index (χ0n) is 11.8. The molecule has 1 aromatic heterocycles. The Kier molecular flexibility index (Phi) is 3.62. The zero-order chi connectivity index (χ0) is 14.8. The Hall–Kier alpha value is -2.33. The monoisotopic (exact) mass is 295 g/mol. The van der Waals surface area contributed by atoms with Crippen molar-refractivity contribution in [1.82, 2.24) is 4.98 Å². The van der Waals surface area contributed by atoms with Gasteiger partial charge in [0.1, 0.15) is 0 Å². The Labute approximate surface area is 128 Å². The average Bonchev–Trinajstić information content (AvgIpc) is 2.78. The van der Waals surface area contributed by atoms with Gasteiger partial charge in [-0.15, -0.1) is 0 Å². The van der Waals surface area contributed by atoms with Crippen molar-refractivity contribution in [3.8, 4) is 10.4 Å². The molecule has 0 amide bonds. The number of hydrogen-bond acceptors (Lipinski definition) is 4. The predicted octanol–water partition coefficient (Wildman–Crippen LogP) is 3.87. The summed E-state index contributed by atoms with van der Waals surface area (Å²) in [5, 5.41) is 0.592. The third-order valence-electron chi connectivity index (χ3n) is 3.34. The molecule has 2 aromatic carbocycles. The van der Waals surface area contributed by atoms with Crippen molar-refractivity contribution in [2.45, 2.75) is 13.3 Å². The molecule has 0 bridgehead atoms. The Morgan fingerprint density at radius 3 is 2.43 bits per heavy atom. The number of thiazole rings is 1. The van der Waals surface area contributed by atoms with E-state index in [0.717, 1.165) is 28.2 Å². The maximum atomic E-state index is 6.06. The lowest BCUT2D eigenvalue weighted by Gasteiger charge is -2.07. The molecule has 0 saturated carbocycles. The van der Waals surface area contributed by atoms with Crippen LogP contribution < -0.4 is 11.5 Å². The first kappa shape index (κ1) is 13.6. The van der Waals surface area contributed by atoms with Crippen molar-refractivity contribution in [1.29, 1.82) is 0 Å². The molecular formula is C17H17N3S. The van der Waals surface area contributed by atoms with Crippen LogP contribution in [-0.2, 0) is 6.42 Å². The molecule has 0 aliphatic rings. The third-order valence-corrected chi connectivity index (χ3v) is 4.38. The van der Waals surface area contributed by atoms with Crippen LogP contribution in [0.4, 0.5) is 10.8 Å². The van der Waals surface area contributed by atoms with Crippen LogP contribution in [0.15, 0.2) is 48.5 Å². The highest BCUT2D eigenvalue weighted by Gasteiger charge is 2.10. The number of benzene rings is 2. The number of rotatable bonds is 3. The topological polar surface area (TPSA) is 64.9 Å². The quantitative estimate of drug-likeness (QED) is 0.721. The fourth-order valence-corrected chi connectivity index (χ4v) is 3.29. The number of anilines is 2. The Morgan fingerprint density at radius 2 is 1.76 bits per heavy atom. The first-order valence-corrected chi connectivity index (χ1v) is 7.60. The Morgan fingerprint density at radius 1 is 1.00 bits per heavy atom. The highest BCUT2D eigenvalue weighted by molar-refractivity contribution is 7.18. The molecule has 4 heteroatoms. The van der Waals surface area contributed by atoms with Gasteiger partial charge in [0.25, 0.3) is 0 Å². The van der Waals surface area contributed by atoms with Crippen LogP contribution in [-0.4, -0.2) is 4.98 Å². The highest BCUT2D eigenvalue weighted by Crippen LogP contribution is 2.33. The lowest BCUT2D eigenvalue weighted by atomic mass is 10.0. The Bertz CT molecular complexity index is 763. The smallest absolute Gasteiger partial charge is 0.180 e. The number of nitrogens with two attached hydrogens (primary N) is 2. The minimum Gasteiger partial charge on any atom is -0.399 e. The van der Waals surface area contributed by atoms with Gasteiger partial charge in [-0.25, -0.2) is 4.98 Å². The molecule has 1 heterocycles. The van der Waals surface area contributed by atoms with Crippen molar-refractivity contribution >= 4 is 22.2 Å². The molecule has 4 N–H and O–H groups in total. The maximum Gasteiger partial charge on any atom is 0.180 e. The zero-order valence-corrected chi connectivity index (χ0v) is 12.7. The number of nitrogens with zero attached hydrogens (tertiary/aromatic N) is 1. The fourth-order valence-electron chi connectivity index (χ4n) is 2.47. The van der Waals surface area contributed by atoms with Gasteiger partial charge in [0, 0.05) is 5.69 Å². The van der Waals surface area contributed by atoms with E-state index >= 15 is 0 Å². The molecular weight excluding hydrogens is 278 g/mol. The largest absolute Gasteiger partial charge is 0.399 e. The fraction of sp³-hybridized carbons (Fsp3) is 0.118. The van der Waals surface area contributed by atoms with Crippen molar-refractivity contribution in [2.75, 3.05) is 11.5 Å². The molecule has 0 saturated heterocycles. The van der Waals surface area contributed by atoms with E-state index in [1.165, 1.54) is 22.5 Å². The van der Waals surface area contributed by atoms with Gasteiger partial charge < -0.3 is 11.5 Å². The average molecular weight is 295 g/mol. The van der Waals surface area contributed by atoms with Crippen molar-refractivity contribution in [3.63, 3.8) is 0 Å². The molecule has 0 radical (unpaired) electrons. The summed E-state index contributed by atoms with van der Waals surface area (Å²) in [6.45, 7) is 1.97. The summed E-state index contributed by atoms with van der Waals surface area (Å²) in [4.78, 5) is 5.38. The molecule has 0 unspecified atom stereocenters. The van der Waals surface area contributed by atoms with E-state index in [9.17, 15) is 0 Å². The molecule has 3 nitrogen and oxygen atoms in total. The molecule has 3 aromatic rings. The SMILES string of the molecule is Cc1nc(N)sc1-c1cc(N)cc(Cc2ccccc2)c1. The van der Waals surface area contributed by atoms with Gasteiger partial charge in [-0.1, -0.05) is 41.7 Å². The molecule has 0 aliphatic heterocycles. The minimum atomic E-state index is 0.592. The highest BCUT2D eigenvalue weighted by atomic mass is 32.1. The summed E-state index contributed by atoms with van der Waals surface area (Å²) < 4.78 is 0. The number of aromatic nitrogens is 1. The van der Waals surface area contributed by atoms with E-state index in [4.69, 9.17) is 11.5 Å². The van der Waals surface area contributed by atoms with E-state index in [1.807, 2.05) is 25.1 Å². The van der Waals surface area contributed by atoms with E-state index < -0.39 is 0 Å². The minimum absolute atomic E-state index is 0.592. The van der Waals surface area contributed by atoms with Gasteiger partial charge in [-0.05, 0) is 48.2 Å². The predicted molar refractivity (Wildman–Crippen MR) is 90.4 cm³/mol. The van der Waals surface area contributed by atoms with Crippen LogP contribution in [0.2, 0.25) is 0 Å². The second kappa shape index (κ2) is 5.58. The molecule has 0 aliphatic carbocycles. The molecule has 21 heavy (non-hydrogen) atoms.